The predicted molar refractivity (Wildman–Crippen MR) is 36.8 cm³/mol. The maximum atomic E-state index is 11.8. The molecule has 4 heteroatoms. The lowest BCUT2D eigenvalue weighted by Gasteiger charge is -2.17. The van der Waals surface area contributed by atoms with E-state index >= 15 is 0 Å². The van der Waals surface area contributed by atoms with Crippen molar-refractivity contribution < 1.29 is 14.0 Å². The average Bonchev–Trinajstić information content (AvgIpc) is 2.50. The molecule has 1 saturated heterocycles. The molecule has 0 aromatic heterocycles. The Hall–Kier alpha value is -0.930. The zero-order valence-corrected chi connectivity index (χ0v) is 6.12. The van der Waals surface area contributed by atoms with Crippen LogP contribution in [0, 0.1) is 0 Å². The molecule has 1 aliphatic heterocycles. The molecule has 1 unspecified atom stereocenters. The number of amides is 1. The van der Waals surface area contributed by atoms with Gasteiger partial charge in [0.1, 0.15) is 6.29 Å². The molecule has 0 radical (unpaired) electrons. The summed E-state index contributed by atoms with van der Waals surface area (Å²) in [6.45, 7) is -0.476. The van der Waals surface area contributed by atoms with Crippen molar-refractivity contribution in [2.75, 3.05) is 13.2 Å². The lowest BCUT2D eigenvalue weighted by Crippen LogP contribution is -2.37. The van der Waals surface area contributed by atoms with Crippen molar-refractivity contribution in [2.45, 2.75) is 18.9 Å². The number of halogens is 1. The number of hydrogen-bond donors (Lipinski definition) is 0. The van der Waals surface area contributed by atoms with E-state index in [1.54, 1.807) is 0 Å². The number of nitrogens with zero attached hydrogens (tertiary/aromatic N) is 1. The first-order valence-corrected chi connectivity index (χ1v) is 3.60. The Labute approximate surface area is 64.2 Å². The minimum atomic E-state index is -0.996. The van der Waals surface area contributed by atoms with E-state index in [0.717, 1.165) is 6.42 Å². The fourth-order valence-electron chi connectivity index (χ4n) is 1.32. The Morgan fingerprint density at radius 3 is 3.00 bits per heavy atom. The SMILES string of the molecule is O=CC1CCCN1C(=O)CF. The van der Waals surface area contributed by atoms with Crippen LogP contribution in [0.2, 0.25) is 0 Å². The van der Waals surface area contributed by atoms with Gasteiger partial charge in [-0.05, 0) is 12.8 Å². The first-order chi connectivity index (χ1) is 5.29. The minimum Gasteiger partial charge on any atom is -0.331 e. The predicted octanol–water partition coefficient (Wildman–Crippen LogP) is 0.146. The van der Waals surface area contributed by atoms with Gasteiger partial charge in [-0.2, -0.15) is 0 Å². The zero-order valence-electron chi connectivity index (χ0n) is 6.12. The Morgan fingerprint density at radius 2 is 2.45 bits per heavy atom. The molecule has 1 heterocycles. The van der Waals surface area contributed by atoms with E-state index in [1.165, 1.54) is 4.90 Å². The largest absolute Gasteiger partial charge is 0.331 e. The molecule has 1 amide bonds. The molecule has 1 fully saturated rings. The second-order valence-corrected chi connectivity index (χ2v) is 2.57. The van der Waals surface area contributed by atoms with Gasteiger partial charge in [-0.3, -0.25) is 4.79 Å². The van der Waals surface area contributed by atoms with Gasteiger partial charge in [0.25, 0.3) is 5.91 Å². The van der Waals surface area contributed by atoms with E-state index in [2.05, 4.69) is 0 Å². The van der Waals surface area contributed by atoms with Gasteiger partial charge >= 0.3 is 0 Å². The van der Waals surface area contributed by atoms with Gasteiger partial charge in [-0.1, -0.05) is 0 Å². The van der Waals surface area contributed by atoms with Crippen LogP contribution in [0.4, 0.5) is 4.39 Å². The maximum absolute atomic E-state index is 11.8. The molecule has 1 rings (SSSR count). The molecule has 11 heavy (non-hydrogen) atoms. The summed E-state index contributed by atoms with van der Waals surface area (Å²) >= 11 is 0. The lowest BCUT2D eigenvalue weighted by atomic mass is 10.2. The zero-order chi connectivity index (χ0) is 8.27. The molecule has 1 aliphatic rings. The van der Waals surface area contributed by atoms with Crippen molar-refractivity contribution in [2.24, 2.45) is 0 Å². The van der Waals surface area contributed by atoms with E-state index in [9.17, 15) is 14.0 Å². The minimum absolute atomic E-state index is 0.377. The number of alkyl halides is 1. The summed E-state index contributed by atoms with van der Waals surface area (Å²) in [7, 11) is 0. The fourth-order valence-corrected chi connectivity index (χ4v) is 1.32. The molecule has 0 spiro atoms. The summed E-state index contributed by atoms with van der Waals surface area (Å²) in [4.78, 5) is 22.4. The van der Waals surface area contributed by atoms with Crippen molar-refractivity contribution in [1.82, 2.24) is 4.90 Å². The molecular formula is C7H10FNO2. The molecule has 3 nitrogen and oxygen atoms in total. The molecule has 0 aromatic rings. The summed E-state index contributed by atoms with van der Waals surface area (Å²) in [5.74, 6) is -0.570. The Kier molecular flexibility index (Phi) is 2.57. The quantitative estimate of drug-likeness (QED) is 0.538. The van der Waals surface area contributed by atoms with Crippen LogP contribution in [0.25, 0.3) is 0 Å². The highest BCUT2D eigenvalue weighted by molar-refractivity contribution is 5.81. The second kappa shape index (κ2) is 3.46. The molecule has 0 aliphatic carbocycles. The van der Waals surface area contributed by atoms with Crippen LogP contribution in [-0.2, 0) is 9.59 Å². The van der Waals surface area contributed by atoms with Gasteiger partial charge in [0.05, 0.1) is 6.04 Å². The van der Waals surface area contributed by atoms with E-state index in [-0.39, 0.29) is 6.04 Å². The van der Waals surface area contributed by atoms with Crippen molar-refractivity contribution >= 4 is 12.2 Å². The van der Waals surface area contributed by atoms with Gasteiger partial charge < -0.3 is 9.69 Å². The van der Waals surface area contributed by atoms with Crippen LogP contribution in [0.5, 0.6) is 0 Å². The summed E-state index contributed by atoms with van der Waals surface area (Å²) in [6.07, 6.45) is 2.19. The van der Waals surface area contributed by atoms with Gasteiger partial charge in [0.2, 0.25) is 0 Å². The Bertz CT molecular complexity index is 172. The third-order valence-corrected chi connectivity index (χ3v) is 1.89. The number of likely N-dealkylation sites (tertiary alicyclic amines) is 1. The van der Waals surface area contributed by atoms with Gasteiger partial charge in [0.15, 0.2) is 6.67 Å². The summed E-state index contributed by atoms with van der Waals surface area (Å²) in [6, 6.07) is -0.377. The topological polar surface area (TPSA) is 37.4 Å². The van der Waals surface area contributed by atoms with E-state index in [4.69, 9.17) is 0 Å². The Morgan fingerprint density at radius 1 is 1.73 bits per heavy atom. The van der Waals surface area contributed by atoms with Crippen LogP contribution in [0.15, 0.2) is 0 Å². The van der Waals surface area contributed by atoms with Crippen molar-refractivity contribution in [3.8, 4) is 0 Å². The molecular weight excluding hydrogens is 149 g/mol. The van der Waals surface area contributed by atoms with Crippen molar-refractivity contribution in [1.29, 1.82) is 0 Å². The van der Waals surface area contributed by atoms with Gasteiger partial charge in [0, 0.05) is 6.54 Å². The van der Waals surface area contributed by atoms with Crippen molar-refractivity contribution in [3.63, 3.8) is 0 Å². The molecule has 0 N–H and O–H groups in total. The average molecular weight is 159 g/mol. The highest BCUT2D eigenvalue weighted by Crippen LogP contribution is 2.14. The summed E-state index contributed by atoms with van der Waals surface area (Å²) in [5, 5.41) is 0. The smallest absolute Gasteiger partial charge is 0.254 e. The van der Waals surface area contributed by atoms with Crippen LogP contribution in [0.3, 0.4) is 0 Å². The summed E-state index contributed by atoms with van der Waals surface area (Å²) in [5.41, 5.74) is 0. The van der Waals surface area contributed by atoms with Gasteiger partial charge in [-0.15, -0.1) is 0 Å². The lowest BCUT2D eigenvalue weighted by molar-refractivity contribution is -0.135. The first kappa shape index (κ1) is 8.17. The number of carbonyl (C=O) groups is 2. The van der Waals surface area contributed by atoms with E-state index in [1.807, 2.05) is 0 Å². The van der Waals surface area contributed by atoms with E-state index < -0.39 is 12.6 Å². The monoisotopic (exact) mass is 159 g/mol. The highest BCUT2D eigenvalue weighted by atomic mass is 19.1. The molecule has 0 bridgehead atoms. The van der Waals surface area contributed by atoms with Crippen molar-refractivity contribution in [3.05, 3.63) is 0 Å². The van der Waals surface area contributed by atoms with Crippen LogP contribution in [-0.4, -0.2) is 36.4 Å². The maximum Gasteiger partial charge on any atom is 0.254 e. The second-order valence-electron chi connectivity index (χ2n) is 2.57. The van der Waals surface area contributed by atoms with Crippen LogP contribution >= 0.6 is 0 Å². The van der Waals surface area contributed by atoms with Gasteiger partial charge in [-0.25, -0.2) is 4.39 Å². The normalized spacial score (nSPS) is 23.7. The number of rotatable bonds is 2. The van der Waals surface area contributed by atoms with Crippen LogP contribution < -0.4 is 0 Å². The number of aldehydes is 1. The molecule has 62 valence electrons. The fraction of sp³-hybridized carbons (Fsp3) is 0.714. The Balaban J connectivity index is 2.56. The molecule has 0 saturated carbocycles. The number of carbonyl (C=O) groups excluding carboxylic acids is 2. The summed E-state index contributed by atoms with van der Waals surface area (Å²) < 4.78 is 11.8. The molecule has 1 atom stereocenters. The first-order valence-electron chi connectivity index (χ1n) is 3.60. The third kappa shape index (κ3) is 1.56. The standard InChI is InChI=1S/C7H10FNO2/c8-4-7(11)9-3-1-2-6(9)5-10/h5-6H,1-4H2. The van der Waals surface area contributed by atoms with E-state index in [0.29, 0.717) is 19.3 Å². The molecule has 0 aromatic carbocycles. The van der Waals surface area contributed by atoms with Crippen LogP contribution in [0.1, 0.15) is 12.8 Å². The highest BCUT2D eigenvalue weighted by Gasteiger charge is 2.27. The number of hydrogen-bond acceptors (Lipinski definition) is 2. The third-order valence-electron chi connectivity index (χ3n) is 1.89.